The highest BCUT2D eigenvalue weighted by Gasteiger charge is 2.43. The fourth-order valence-corrected chi connectivity index (χ4v) is 4.32. The minimum absolute atomic E-state index is 0.381. The van der Waals surface area contributed by atoms with Gasteiger partial charge in [-0.05, 0) is 24.3 Å². The summed E-state index contributed by atoms with van der Waals surface area (Å²) in [6.45, 7) is 3.60. The van der Waals surface area contributed by atoms with Crippen LogP contribution >= 0.6 is 27.7 Å². The smallest absolute Gasteiger partial charge is 0.267 e. The number of halogens is 2. The summed E-state index contributed by atoms with van der Waals surface area (Å²) in [5, 5.41) is 0. The summed E-state index contributed by atoms with van der Waals surface area (Å²) in [6, 6.07) is 8.30. The van der Waals surface area contributed by atoms with Gasteiger partial charge in [-0.25, -0.2) is 4.39 Å². The first kappa shape index (κ1) is 17.0. The maximum atomic E-state index is 13.9. The van der Waals surface area contributed by atoms with Crippen molar-refractivity contribution in [3.8, 4) is 0 Å². The largest absolute Gasteiger partial charge is 0.371 e. The number of rotatable bonds is 5. The molecule has 2 N–H and O–H groups in total. The Kier molecular flexibility index (Phi) is 5.49. The van der Waals surface area contributed by atoms with Gasteiger partial charge in [0.2, 0.25) is 5.50 Å². The molecule has 1 aromatic carbocycles. The molecule has 2 aliphatic heterocycles. The predicted octanol–water partition coefficient (Wildman–Crippen LogP) is 2.33. The molecule has 0 aliphatic carbocycles. The summed E-state index contributed by atoms with van der Waals surface area (Å²) in [4.78, 5) is 16.2. The minimum atomic E-state index is -1.47. The molecule has 126 valence electrons. The third-order valence-electron chi connectivity index (χ3n) is 4.57. The van der Waals surface area contributed by atoms with Crippen LogP contribution in [0.15, 0.2) is 28.7 Å². The van der Waals surface area contributed by atoms with Gasteiger partial charge in [0.15, 0.2) is 0 Å². The van der Waals surface area contributed by atoms with Crippen molar-refractivity contribution in [1.82, 2.24) is 4.90 Å². The first-order valence-electron chi connectivity index (χ1n) is 7.83. The molecule has 3 atom stereocenters. The molecule has 2 heterocycles. The van der Waals surface area contributed by atoms with Crippen LogP contribution in [-0.2, 0) is 4.79 Å². The molecular formula is C16H21BrFN3OS. The maximum absolute atomic E-state index is 13.9. The first-order valence-corrected chi connectivity index (χ1v) is 9.67. The zero-order chi connectivity index (χ0) is 16.4. The summed E-state index contributed by atoms with van der Waals surface area (Å²) in [6.07, 6.45) is 0. The van der Waals surface area contributed by atoms with Crippen molar-refractivity contribution in [3.05, 3.63) is 28.7 Å². The van der Waals surface area contributed by atoms with Gasteiger partial charge in [0.25, 0.3) is 5.91 Å². The molecule has 1 amide bonds. The molecule has 1 aromatic rings. The van der Waals surface area contributed by atoms with E-state index in [0.717, 1.165) is 29.3 Å². The Balaban J connectivity index is 1.55. The summed E-state index contributed by atoms with van der Waals surface area (Å²) in [7, 11) is 0. The lowest BCUT2D eigenvalue weighted by atomic mass is 10.0. The van der Waals surface area contributed by atoms with E-state index in [1.165, 1.54) is 5.69 Å². The van der Waals surface area contributed by atoms with Crippen LogP contribution in [0.1, 0.15) is 0 Å². The average Bonchev–Trinajstić information content (AvgIpc) is 3.11. The molecule has 0 bridgehead atoms. The number of alkyl halides is 1. The van der Waals surface area contributed by atoms with Crippen LogP contribution in [0.2, 0.25) is 0 Å². The van der Waals surface area contributed by atoms with Gasteiger partial charge in [0, 0.05) is 60.5 Å². The van der Waals surface area contributed by atoms with E-state index in [2.05, 4.69) is 33.0 Å². The van der Waals surface area contributed by atoms with Crippen LogP contribution in [0, 0.1) is 11.8 Å². The van der Waals surface area contributed by atoms with Gasteiger partial charge in [-0.3, -0.25) is 4.79 Å². The molecule has 3 rings (SSSR count). The number of anilines is 1. The van der Waals surface area contributed by atoms with Gasteiger partial charge in [0.05, 0.1) is 0 Å². The summed E-state index contributed by atoms with van der Waals surface area (Å²) >= 11 is 4.45. The van der Waals surface area contributed by atoms with Gasteiger partial charge >= 0.3 is 0 Å². The predicted molar refractivity (Wildman–Crippen MR) is 96.3 cm³/mol. The topological polar surface area (TPSA) is 49.6 Å². The lowest BCUT2D eigenvalue weighted by molar-refractivity contribution is -0.132. The fraction of sp³-hybridized carbons (Fsp3) is 0.562. The van der Waals surface area contributed by atoms with Crippen LogP contribution < -0.4 is 10.6 Å². The fourth-order valence-electron chi connectivity index (χ4n) is 3.42. The van der Waals surface area contributed by atoms with Crippen LogP contribution in [0.25, 0.3) is 0 Å². The molecule has 23 heavy (non-hydrogen) atoms. The van der Waals surface area contributed by atoms with E-state index in [9.17, 15) is 9.18 Å². The second-order valence-electron chi connectivity index (χ2n) is 6.12. The van der Waals surface area contributed by atoms with E-state index in [4.69, 9.17) is 5.73 Å². The molecule has 2 saturated heterocycles. The second-order valence-corrected chi connectivity index (χ2v) is 8.19. The second kappa shape index (κ2) is 7.40. The number of carbonyl (C=O) groups is 1. The van der Waals surface area contributed by atoms with Crippen molar-refractivity contribution in [3.63, 3.8) is 0 Å². The van der Waals surface area contributed by atoms with Gasteiger partial charge in [-0.1, -0.05) is 15.9 Å². The van der Waals surface area contributed by atoms with Crippen molar-refractivity contribution in [2.24, 2.45) is 17.6 Å². The number of carbonyl (C=O) groups excluding carboxylic acids is 1. The molecule has 0 aromatic heterocycles. The Morgan fingerprint density at radius 2 is 1.87 bits per heavy atom. The van der Waals surface area contributed by atoms with Crippen LogP contribution in [0.3, 0.4) is 0 Å². The number of fused-ring (bicyclic) bond motifs is 1. The highest BCUT2D eigenvalue weighted by Crippen LogP contribution is 2.35. The normalized spacial score (nSPS) is 24.8. The average molecular weight is 402 g/mol. The molecule has 0 spiro atoms. The number of hydrogen-bond acceptors (Lipinski definition) is 4. The molecule has 0 radical (unpaired) electrons. The van der Waals surface area contributed by atoms with Crippen molar-refractivity contribution in [2.75, 3.05) is 43.4 Å². The number of benzene rings is 1. The van der Waals surface area contributed by atoms with Gasteiger partial charge < -0.3 is 15.5 Å². The van der Waals surface area contributed by atoms with E-state index < -0.39 is 5.50 Å². The van der Waals surface area contributed by atoms with Crippen LogP contribution in [0.5, 0.6) is 0 Å². The van der Waals surface area contributed by atoms with Crippen LogP contribution in [-0.4, -0.2) is 54.8 Å². The lowest BCUT2D eigenvalue weighted by Crippen LogP contribution is -2.37. The van der Waals surface area contributed by atoms with E-state index in [0.29, 0.717) is 37.2 Å². The lowest BCUT2D eigenvalue weighted by Gasteiger charge is -2.24. The highest BCUT2D eigenvalue weighted by molar-refractivity contribution is 9.10. The zero-order valence-corrected chi connectivity index (χ0v) is 15.2. The van der Waals surface area contributed by atoms with Gasteiger partial charge in [-0.15, -0.1) is 11.8 Å². The molecule has 4 nitrogen and oxygen atoms in total. The zero-order valence-electron chi connectivity index (χ0n) is 12.8. The Labute approximate surface area is 148 Å². The molecule has 2 fully saturated rings. The Morgan fingerprint density at radius 1 is 1.26 bits per heavy atom. The van der Waals surface area contributed by atoms with E-state index in [-0.39, 0.29) is 5.91 Å². The number of nitrogens with two attached hydrogens (primary N) is 1. The quantitative estimate of drug-likeness (QED) is 0.822. The van der Waals surface area contributed by atoms with E-state index >= 15 is 0 Å². The van der Waals surface area contributed by atoms with Crippen molar-refractivity contribution < 1.29 is 9.18 Å². The Bertz CT molecular complexity index is 545. The first-order chi connectivity index (χ1) is 11.1. The summed E-state index contributed by atoms with van der Waals surface area (Å²) in [5.41, 5.74) is 5.10. The third kappa shape index (κ3) is 3.83. The monoisotopic (exact) mass is 401 g/mol. The van der Waals surface area contributed by atoms with Crippen molar-refractivity contribution >= 4 is 39.3 Å². The number of likely N-dealkylation sites (tertiary alicyclic amines) is 1. The third-order valence-corrected chi connectivity index (χ3v) is 6.06. The minimum Gasteiger partial charge on any atom is -0.371 e. The standard InChI is InChI=1S/C16H21BrFN3OS/c17-13-1-3-14(4-2-13)20-7-11-9-21(10-12(11)8-20)16(22)15(18)23-6-5-19/h1-4,11-12,15H,5-10,19H2/t11-,12+,15?. The van der Waals surface area contributed by atoms with Gasteiger partial charge in [0.1, 0.15) is 0 Å². The maximum Gasteiger partial charge on any atom is 0.267 e. The highest BCUT2D eigenvalue weighted by atomic mass is 79.9. The van der Waals surface area contributed by atoms with Crippen molar-refractivity contribution in [1.29, 1.82) is 0 Å². The molecule has 7 heteroatoms. The number of hydrogen-bond donors (Lipinski definition) is 1. The Hall–Kier alpha value is -0.790. The van der Waals surface area contributed by atoms with E-state index in [1.807, 2.05) is 12.1 Å². The Morgan fingerprint density at radius 3 is 2.43 bits per heavy atom. The number of nitrogens with zero attached hydrogens (tertiary/aromatic N) is 2. The summed E-state index contributed by atoms with van der Waals surface area (Å²) < 4.78 is 15.0. The van der Waals surface area contributed by atoms with E-state index in [1.54, 1.807) is 4.90 Å². The molecule has 1 unspecified atom stereocenters. The number of thioether (sulfide) groups is 1. The van der Waals surface area contributed by atoms with Crippen LogP contribution in [0.4, 0.5) is 10.1 Å². The SMILES string of the molecule is NCCSC(F)C(=O)N1C[C@@H]2CN(c3ccc(Br)cc3)C[C@@H]2C1. The van der Waals surface area contributed by atoms with Crippen molar-refractivity contribution in [2.45, 2.75) is 5.50 Å². The van der Waals surface area contributed by atoms with Gasteiger partial charge in [-0.2, -0.15) is 0 Å². The molecule has 2 aliphatic rings. The summed E-state index contributed by atoms with van der Waals surface area (Å²) in [5.74, 6) is 0.974. The number of amides is 1. The molecular weight excluding hydrogens is 381 g/mol. The molecule has 0 saturated carbocycles.